The SMILES string of the molecule is COCC(CN)N(CC1CC1)C(C)C. The molecule has 0 spiro atoms. The van der Waals surface area contributed by atoms with E-state index in [2.05, 4.69) is 18.7 Å². The van der Waals surface area contributed by atoms with Crippen LogP contribution in [0.15, 0.2) is 0 Å². The van der Waals surface area contributed by atoms with E-state index in [4.69, 9.17) is 10.5 Å². The Morgan fingerprint density at radius 2 is 2.07 bits per heavy atom. The second-order valence-corrected chi connectivity index (χ2v) is 4.58. The summed E-state index contributed by atoms with van der Waals surface area (Å²) >= 11 is 0. The van der Waals surface area contributed by atoms with Crippen molar-refractivity contribution in [2.75, 3.05) is 26.8 Å². The normalized spacial score (nSPS) is 19.3. The maximum absolute atomic E-state index is 5.77. The summed E-state index contributed by atoms with van der Waals surface area (Å²) < 4.78 is 5.21. The first-order valence-electron chi connectivity index (χ1n) is 5.63. The van der Waals surface area contributed by atoms with Gasteiger partial charge in [-0.1, -0.05) is 0 Å². The Morgan fingerprint density at radius 1 is 1.43 bits per heavy atom. The zero-order valence-electron chi connectivity index (χ0n) is 9.70. The smallest absolute Gasteiger partial charge is 0.0630 e. The molecule has 3 nitrogen and oxygen atoms in total. The van der Waals surface area contributed by atoms with Crippen molar-refractivity contribution in [3.63, 3.8) is 0 Å². The summed E-state index contributed by atoms with van der Waals surface area (Å²) in [5, 5.41) is 0. The van der Waals surface area contributed by atoms with E-state index in [0.29, 0.717) is 18.6 Å². The molecule has 0 aromatic carbocycles. The van der Waals surface area contributed by atoms with Crippen LogP contribution in [0.3, 0.4) is 0 Å². The van der Waals surface area contributed by atoms with Crippen molar-refractivity contribution < 1.29 is 4.74 Å². The van der Waals surface area contributed by atoms with Gasteiger partial charge in [0.15, 0.2) is 0 Å². The Morgan fingerprint density at radius 3 is 2.43 bits per heavy atom. The molecule has 0 bridgehead atoms. The van der Waals surface area contributed by atoms with Crippen LogP contribution in [0.1, 0.15) is 26.7 Å². The topological polar surface area (TPSA) is 38.5 Å². The molecule has 1 saturated carbocycles. The highest BCUT2D eigenvalue weighted by Gasteiger charge is 2.28. The third-order valence-electron chi connectivity index (χ3n) is 2.93. The van der Waals surface area contributed by atoms with Crippen LogP contribution in [-0.2, 0) is 4.74 Å². The van der Waals surface area contributed by atoms with Gasteiger partial charge in [0.1, 0.15) is 0 Å². The molecule has 0 aromatic rings. The van der Waals surface area contributed by atoms with E-state index in [9.17, 15) is 0 Å². The molecule has 0 aromatic heterocycles. The van der Waals surface area contributed by atoms with E-state index in [1.165, 1.54) is 19.4 Å². The summed E-state index contributed by atoms with van der Waals surface area (Å²) in [7, 11) is 1.75. The highest BCUT2D eigenvalue weighted by molar-refractivity contribution is 4.83. The molecule has 1 unspecified atom stereocenters. The zero-order valence-corrected chi connectivity index (χ0v) is 9.70. The number of nitrogens with zero attached hydrogens (tertiary/aromatic N) is 1. The number of hydrogen-bond donors (Lipinski definition) is 1. The lowest BCUT2D eigenvalue weighted by molar-refractivity contribution is 0.0706. The van der Waals surface area contributed by atoms with Crippen LogP contribution < -0.4 is 5.73 Å². The average Bonchev–Trinajstić information content (AvgIpc) is 2.94. The fourth-order valence-electron chi connectivity index (χ4n) is 1.87. The molecule has 0 radical (unpaired) electrons. The van der Waals surface area contributed by atoms with Crippen LogP contribution in [0.5, 0.6) is 0 Å². The molecule has 2 N–H and O–H groups in total. The number of methoxy groups -OCH3 is 1. The Balaban J connectivity index is 2.43. The fourth-order valence-corrected chi connectivity index (χ4v) is 1.87. The van der Waals surface area contributed by atoms with Gasteiger partial charge >= 0.3 is 0 Å². The largest absolute Gasteiger partial charge is 0.383 e. The maximum Gasteiger partial charge on any atom is 0.0630 e. The lowest BCUT2D eigenvalue weighted by Crippen LogP contribution is -2.48. The summed E-state index contributed by atoms with van der Waals surface area (Å²) in [5.41, 5.74) is 5.77. The van der Waals surface area contributed by atoms with Crippen molar-refractivity contribution in [1.29, 1.82) is 0 Å². The highest BCUT2D eigenvalue weighted by atomic mass is 16.5. The Hall–Kier alpha value is -0.120. The average molecular weight is 200 g/mol. The highest BCUT2D eigenvalue weighted by Crippen LogP contribution is 2.30. The first-order valence-corrected chi connectivity index (χ1v) is 5.63. The molecule has 0 amide bonds. The summed E-state index contributed by atoms with van der Waals surface area (Å²) in [4.78, 5) is 2.49. The molecule has 1 aliphatic carbocycles. The fraction of sp³-hybridized carbons (Fsp3) is 1.00. The van der Waals surface area contributed by atoms with Gasteiger partial charge in [0.2, 0.25) is 0 Å². The van der Waals surface area contributed by atoms with E-state index in [-0.39, 0.29) is 0 Å². The van der Waals surface area contributed by atoms with Gasteiger partial charge < -0.3 is 10.5 Å². The van der Waals surface area contributed by atoms with E-state index < -0.39 is 0 Å². The lowest BCUT2D eigenvalue weighted by Gasteiger charge is -2.34. The summed E-state index contributed by atoms with van der Waals surface area (Å²) in [6.07, 6.45) is 2.79. The van der Waals surface area contributed by atoms with Crippen LogP contribution in [0.4, 0.5) is 0 Å². The van der Waals surface area contributed by atoms with E-state index in [1.807, 2.05) is 0 Å². The first kappa shape index (κ1) is 12.0. The minimum atomic E-state index is 0.389. The molecule has 0 saturated heterocycles. The van der Waals surface area contributed by atoms with Gasteiger partial charge in [0, 0.05) is 32.3 Å². The van der Waals surface area contributed by atoms with Gasteiger partial charge in [-0.3, -0.25) is 4.90 Å². The molecule has 1 atom stereocenters. The predicted octanol–water partition coefficient (Wildman–Crippen LogP) is 1.08. The van der Waals surface area contributed by atoms with Crippen molar-refractivity contribution in [2.24, 2.45) is 11.7 Å². The third-order valence-corrected chi connectivity index (χ3v) is 2.93. The van der Waals surface area contributed by atoms with Crippen molar-refractivity contribution in [3.05, 3.63) is 0 Å². The van der Waals surface area contributed by atoms with E-state index >= 15 is 0 Å². The molecule has 1 rings (SSSR count). The molecule has 0 heterocycles. The zero-order chi connectivity index (χ0) is 10.6. The molecular formula is C11H24N2O. The monoisotopic (exact) mass is 200 g/mol. The minimum absolute atomic E-state index is 0.389. The van der Waals surface area contributed by atoms with Crippen LogP contribution in [0.25, 0.3) is 0 Å². The molecule has 14 heavy (non-hydrogen) atoms. The van der Waals surface area contributed by atoms with Crippen LogP contribution in [0.2, 0.25) is 0 Å². The lowest BCUT2D eigenvalue weighted by atomic mass is 10.2. The number of nitrogens with two attached hydrogens (primary N) is 1. The number of ether oxygens (including phenoxy) is 1. The Kier molecular flexibility index (Phi) is 4.85. The summed E-state index contributed by atoms with van der Waals surface area (Å²) in [6.45, 7) is 7.12. The molecular weight excluding hydrogens is 176 g/mol. The third kappa shape index (κ3) is 3.56. The second-order valence-electron chi connectivity index (χ2n) is 4.58. The Bertz CT molecular complexity index is 157. The van der Waals surface area contributed by atoms with Crippen LogP contribution in [-0.4, -0.2) is 43.8 Å². The van der Waals surface area contributed by atoms with Gasteiger partial charge in [-0.05, 0) is 32.6 Å². The van der Waals surface area contributed by atoms with E-state index in [1.54, 1.807) is 7.11 Å². The maximum atomic E-state index is 5.77. The van der Waals surface area contributed by atoms with Crippen molar-refractivity contribution >= 4 is 0 Å². The van der Waals surface area contributed by atoms with Gasteiger partial charge in [0.05, 0.1) is 6.61 Å². The van der Waals surface area contributed by atoms with Crippen molar-refractivity contribution in [3.8, 4) is 0 Å². The van der Waals surface area contributed by atoms with Crippen LogP contribution >= 0.6 is 0 Å². The van der Waals surface area contributed by atoms with Gasteiger partial charge in [-0.15, -0.1) is 0 Å². The minimum Gasteiger partial charge on any atom is -0.383 e. The van der Waals surface area contributed by atoms with E-state index in [0.717, 1.165) is 12.5 Å². The van der Waals surface area contributed by atoms with Crippen LogP contribution in [0, 0.1) is 5.92 Å². The summed E-state index contributed by atoms with van der Waals surface area (Å²) in [5.74, 6) is 0.920. The number of hydrogen-bond acceptors (Lipinski definition) is 3. The van der Waals surface area contributed by atoms with Gasteiger partial charge in [-0.2, -0.15) is 0 Å². The standard InChI is InChI=1S/C11H24N2O/c1-9(2)13(7-10-4-5-10)11(6-12)8-14-3/h9-11H,4-8,12H2,1-3H3. The molecule has 1 fully saturated rings. The molecule has 84 valence electrons. The summed E-state index contributed by atoms with van der Waals surface area (Å²) in [6, 6.07) is 0.958. The van der Waals surface area contributed by atoms with Gasteiger partial charge in [-0.25, -0.2) is 0 Å². The quantitative estimate of drug-likeness (QED) is 0.668. The van der Waals surface area contributed by atoms with Crippen molar-refractivity contribution in [1.82, 2.24) is 4.90 Å². The second kappa shape index (κ2) is 5.69. The van der Waals surface area contributed by atoms with Gasteiger partial charge in [0.25, 0.3) is 0 Å². The molecule has 3 heteroatoms. The van der Waals surface area contributed by atoms with Crippen molar-refractivity contribution in [2.45, 2.75) is 38.8 Å². The Labute approximate surface area is 87.6 Å². The molecule has 0 aliphatic heterocycles. The first-order chi connectivity index (χ1) is 6.69. The molecule has 1 aliphatic rings. The predicted molar refractivity (Wildman–Crippen MR) is 59.3 cm³/mol. The number of rotatable bonds is 7.